The number of rotatable bonds is 37. The van der Waals surface area contributed by atoms with Gasteiger partial charge in [0.25, 0.3) is 0 Å². The Balaban J connectivity index is 4.59. The van der Waals surface area contributed by atoms with Crippen molar-refractivity contribution in [3.05, 3.63) is 12.2 Å². The van der Waals surface area contributed by atoms with Crippen LogP contribution in [0.15, 0.2) is 12.2 Å². The molecule has 0 fully saturated rings. The highest BCUT2D eigenvalue weighted by molar-refractivity contribution is 5.77. The van der Waals surface area contributed by atoms with Crippen LogP contribution >= 0.6 is 0 Å². The van der Waals surface area contributed by atoms with Gasteiger partial charge in [-0.2, -0.15) is 0 Å². The van der Waals surface area contributed by atoms with Crippen molar-refractivity contribution in [3.63, 3.8) is 0 Å². The molecule has 0 aliphatic heterocycles. The van der Waals surface area contributed by atoms with Crippen molar-refractivity contribution in [2.24, 2.45) is 0 Å². The Morgan fingerprint density at radius 3 is 1.56 bits per heavy atom. The minimum Gasteiger partial charge on any atom is -0.462 e. The summed E-state index contributed by atoms with van der Waals surface area (Å²) in [7, 11) is 0. The van der Waals surface area contributed by atoms with Crippen molar-refractivity contribution in [3.8, 4) is 0 Å². The van der Waals surface area contributed by atoms with Crippen molar-refractivity contribution in [1.82, 2.24) is 5.32 Å². The van der Waals surface area contributed by atoms with Gasteiger partial charge in [-0.1, -0.05) is 174 Å². The van der Waals surface area contributed by atoms with Crippen LogP contribution in [0, 0.1) is 0 Å². The van der Waals surface area contributed by atoms with E-state index in [1.165, 1.54) is 109 Å². The van der Waals surface area contributed by atoms with E-state index >= 15 is 0 Å². The first-order chi connectivity index (χ1) is 23.5. The fraction of sp³-hybridized carbons (Fsp3) is 0.905. The van der Waals surface area contributed by atoms with E-state index in [1.807, 2.05) is 0 Å². The summed E-state index contributed by atoms with van der Waals surface area (Å²) < 4.78 is 5.86. The second-order valence-corrected chi connectivity index (χ2v) is 14.4. The van der Waals surface area contributed by atoms with Crippen molar-refractivity contribution in [2.45, 2.75) is 238 Å². The molecular weight excluding hydrogens is 598 g/mol. The van der Waals surface area contributed by atoms with Crippen LogP contribution in [0.5, 0.6) is 0 Å². The van der Waals surface area contributed by atoms with E-state index in [-0.39, 0.29) is 24.9 Å². The molecule has 6 heteroatoms. The molecular formula is C42H81NO5. The zero-order chi connectivity index (χ0) is 35.3. The molecule has 0 bridgehead atoms. The van der Waals surface area contributed by atoms with Gasteiger partial charge >= 0.3 is 5.97 Å². The first-order valence-corrected chi connectivity index (χ1v) is 20.9. The number of hydrogen-bond donors (Lipinski definition) is 3. The van der Waals surface area contributed by atoms with Crippen LogP contribution in [0.4, 0.5) is 0 Å². The third-order valence-corrected chi connectivity index (χ3v) is 9.58. The molecule has 0 aromatic carbocycles. The molecule has 6 nitrogen and oxygen atoms in total. The van der Waals surface area contributed by atoms with E-state index in [1.54, 1.807) is 0 Å². The maximum atomic E-state index is 13.0. The highest BCUT2D eigenvalue weighted by Crippen LogP contribution is 2.17. The molecule has 0 saturated carbocycles. The summed E-state index contributed by atoms with van der Waals surface area (Å²) in [4.78, 5) is 25.8. The fourth-order valence-corrected chi connectivity index (χ4v) is 6.37. The lowest BCUT2D eigenvalue weighted by Gasteiger charge is -2.24. The molecule has 3 atom stereocenters. The zero-order valence-electron chi connectivity index (χ0n) is 32.1. The maximum Gasteiger partial charge on any atom is 0.306 e. The number of aliphatic hydroxyl groups excluding tert-OH is 2. The summed E-state index contributed by atoms with van der Waals surface area (Å²) in [6, 6.07) is -0.692. The Hall–Kier alpha value is -1.40. The van der Waals surface area contributed by atoms with Gasteiger partial charge in [-0.3, -0.25) is 9.59 Å². The lowest BCUT2D eigenvalue weighted by molar-refractivity contribution is -0.151. The lowest BCUT2D eigenvalue weighted by atomic mass is 10.0. The molecule has 0 aromatic rings. The topological polar surface area (TPSA) is 95.9 Å². The van der Waals surface area contributed by atoms with Gasteiger partial charge in [-0.25, -0.2) is 0 Å². The largest absolute Gasteiger partial charge is 0.462 e. The average Bonchev–Trinajstić information content (AvgIpc) is 3.07. The molecule has 0 spiro atoms. The molecule has 1 amide bonds. The van der Waals surface area contributed by atoms with Gasteiger partial charge in [0, 0.05) is 6.42 Å². The minimum atomic E-state index is -0.779. The number of unbranched alkanes of at least 4 members (excludes halogenated alkanes) is 23. The van der Waals surface area contributed by atoms with Crippen LogP contribution in [-0.4, -0.2) is 46.9 Å². The van der Waals surface area contributed by atoms with Crippen molar-refractivity contribution >= 4 is 11.9 Å². The van der Waals surface area contributed by atoms with Crippen molar-refractivity contribution in [2.75, 3.05) is 6.61 Å². The molecule has 284 valence electrons. The maximum absolute atomic E-state index is 13.0. The Morgan fingerprint density at radius 2 is 1.04 bits per heavy atom. The summed E-state index contributed by atoms with van der Waals surface area (Å²) in [6.45, 7) is 6.38. The first-order valence-electron chi connectivity index (χ1n) is 20.9. The van der Waals surface area contributed by atoms with Gasteiger partial charge in [0.05, 0.1) is 25.2 Å². The number of aliphatic hydroxyl groups is 2. The summed E-state index contributed by atoms with van der Waals surface area (Å²) in [5.41, 5.74) is 0. The summed E-state index contributed by atoms with van der Waals surface area (Å²) in [5, 5.41) is 23.5. The summed E-state index contributed by atoms with van der Waals surface area (Å²) in [6.07, 6.45) is 37.0. The van der Waals surface area contributed by atoms with Crippen LogP contribution in [0.1, 0.15) is 220 Å². The predicted octanol–water partition coefficient (Wildman–Crippen LogP) is 11.4. The molecule has 0 aliphatic carbocycles. The van der Waals surface area contributed by atoms with Crippen molar-refractivity contribution in [1.29, 1.82) is 0 Å². The fourth-order valence-electron chi connectivity index (χ4n) is 6.37. The zero-order valence-corrected chi connectivity index (χ0v) is 32.1. The van der Waals surface area contributed by atoms with Gasteiger partial charge in [0.2, 0.25) is 5.91 Å². The molecule has 0 aliphatic rings. The van der Waals surface area contributed by atoms with Gasteiger partial charge in [0.1, 0.15) is 6.10 Å². The van der Waals surface area contributed by atoms with Gasteiger partial charge in [-0.05, 0) is 44.9 Å². The van der Waals surface area contributed by atoms with E-state index in [4.69, 9.17) is 4.74 Å². The second kappa shape index (κ2) is 36.9. The van der Waals surface area contributed by atoms with E-state index in [9.17, 15) is 19.8 Å². The SMILES string of the molecule is CCC/C=C\CCCCCCCC(=O)OC(CCCCCCCCCCCC)CC(=O)NC(CO)C(O)CCCCCCCCCCC. The van der Waals surface area contributed by atoms with E-state index in [2.05, 4.69) is 38.2 Å². The van der Waals surface area contributed by atoms with Crippen LogP contribution in [0.3, 0.4) is 0 Å². The number of hydrogen-bond acceptors (Lipinski definition) is 5. The number of carbonyl (C=O) groups is 2. The van der Waals surface area contributed by atoms with E-state index in [0.717, 1.165) is 64.2 Å². The Labute approximate surface area is 298 Å². The van der Waals surface area contributed by atoms with Crippen LogP contribution in [-0.2, 0) is 14.3 Å². The monoisotopic (exact) mass is 680 g/mol. The third-order valence-electron chi connectivity index (χ3n) is 9.58. The molecule has 0 saturated heterocycles. The predicted molar refractivity (Wildman–Crippen MR) is 204 cm³/mol. The van der Waals surface area contributed by atoms with Gasteiger partial charge < -0.3 is 20.3 Å². The standard InChI is InChI=1S/C42H81NO5/c1-4-7-10-13-16-19-22-24-27-30-33-38(48-42(47)35-32-29-26-23-20-17-14-11-8-5-2)36-41(46)43-39(37-44)40(45)34-31-28-25-21-18-15-12-9-6-3/h11,14,38-40,44-45H,4-10,12-13,15-37H2,1-3H3,(H,43,46)/b14-11-. The van der Waals surface area contributed by atoms with Gasteiger partial charge in [0.15, 0.2) is 0 Å². The number of ether oxygens (including phenoxy) is 1. The quantitative estimate of drug-likeness (QED) is 0.0345. The molecule has 0 rings (SSSR count). The smallest absolute Gasteiger partial charge is 0.306 e. The number of allylic oxidation sites excluding steroid dienone is 2. The average molecular weight is 680 g/mol. The van der Waals surface area contributed by atoms with E-state index < -0.39 is 18.2 Å². The normalized spacial score (nSPS) is 13.5. The Kier molecular flexibility index (Phi) is 35.8. The van der Waals surface area contributed by atoms with Gasteiger partial charge in [-0.15, -0.1) is 0 Å². The second-order valence-electron chi connectivity index (χ2n) is 14.4. The first kappa shape index (κ1) is 46.6. The highest BCUT2D eigenvalue weighted by Gasteiger charge is 2.24. The summed E-state index contributed by atoms with van der Waals surface area (Å²) >= 11 is 0. The number of amides is 1. The van der Waals surface area contributed by atoms with E-state index in [0.29, 0.717) is 19.3 Å². The number of esters is 1. The summed E-state index contributed by atoms with van der Waals surface area (Å²) in [5.74, 6) is -0.482. The number of carbonyl (C=O) groups excluding carboxylic acids is 2. The molecule has 3 N–H and O–H groups in total. The molecule has 3 unspecified atom stereocenters. The number of nitrogens with one attached hydrogen (secondary N) is 1. The Bertz CT molecular complexity index is 727. The van der Waals surface area contributed by atoms with Crippen LogP contribution in [0.2, 0.25) is 0 Å². The molecule has 0 heterocycles. The highest BCUT2D eigenvalue weighted by atomic mass is 16.5. The minimum absolute atomic E-state index is 0.0793. The molecule has 48 heavy (non-hydrogen) atoms. The lowest BCUT2D eigenvalue weighted by Crippen LogP contribution is -2.46. The third kappa shape index (κ3) is 31.8. The molecule has 0 aromatic heterocycles. The Morgan fingerprint density at radius 1 is 0.583 bits per heavy atom. The van der Waals surface area contributed by atoms with Crippen LogP contribution < -0.4 is 5.32 Å². The van der Waals surface area contributed by atoms with Crippen molar-refractivity contribution < 1.29 is 24.5 Å². The molecule has 0 radical (unpaired) electrons. The van der Waals surface area contributed by atoms with Crippen LogP contribution in [0.25, 0.3) is 0 Å².